The van der Waals surface area contributed by atoms with E-state index in [1.54, 1.807) is 26.0 Å². The Morgan fingerprint density at radius 1 is 1.09 bits per heavy atom. The first-order valence-corrected chi connectivity index (χ1v) is 7.27. The first kappa shape index (κ1) is 15.9. The van der Waals surface area contributed by atoms with E-state index in [-0.39, 0.29) is 0 Å². The van der Waals surface area contributed by atoms with Crippen LogP contribution in [0.1, 0.15) is 12.5 Å². The highest BCUT2D eigenvalue weighted by Crippen LogP contribution is 2.27. The van der Waals surface area contributed by atoms with Gasteiger partial charge in [0.05, 0.1) is 6.10 Å². The molecule has 1 fully saturated rings. The predicted molar refractivity (Wildman–Crippen MR) is 80.2 cm³/mol. The van der Waals surface area contributed by atoms with Crippen molar-refractivity contribution in [2.24, 2.45) is 0 Å². The maximum atomic E-state index is 11.4. The molecule has 124 valence electrons. The zero-order valence-corrected chi connectivity index (χ0v) is 12.7. The summed E-state index contributed by atoms with van der Waals surface area (Å²) in [5, 5.41) is 30.2. The van der Waals surface area contributed by atoms with E-state index in [4.69, 9.17) is 13.9 Å². The van der Waals surface area contributed by atoms with E-state index in [2.05, 4.69) is 0 Å². The molecule has 0 unspecified atom stereocenters. The molecule has 1 aliphatic heterocycles. The third-order valence-corrected chi connectivity index (χ3v) is 3.98. The fraction of sp³-hybridized carbons (Fsp3) is 0.438. The highest BCUT2D eigenvalue weighted by Gasteiger charge is 2.43. The molecule has 3 N–H and O–H groups in total. The normalized spacial score (nSPS) is 31.3. The van der Waals surface area contributed by atoms with Gasteiger partial charge in [-0.25, -0.2) is 4.79 Å². The summed E-state index contributed by atoms with van der Waals surface area (Å²) in [6.45, 7) is 3.37. The molecule has 7 nitrogen and oxygen atoms in total. The highest BCUT2D eigenvalue weighted by atomic mass is 16.7. The molecule has 2 heterocycles. The number of benzene rings is 1. The van der Waals surface area contributed by atoms with Crippen LogP contribution in [-0.2, 0) is 4.74 Å². The maximum absolute atomic E-state index is 11.4. The maximum Gasteiger partial charge on any atom is 0.336 e. The molecule has 0 spiro atoms. The van der Waals surface area contributed by atoms with Crippen molar-refractivity contribution in [1.29, 1.82) is 0 Å². The topological polar surface area (TPSA) is 109 Å². The third kappa shape index (κ3) is 2.96. The van der Waals surface area contributed by atoms with Crippen molar-refractivity contribution >= 4 is 11.0 Å². The molecule has 1 aromatic heterocycles. The number of aliphatic hydroxyl groups is 3. The largest absolute Gasteiger partial charge is 0.462 e. The van der Waals surface area contributed by atoms with Crippen molar-refractivity contribution in [3.8, 4) is 5.75 Å². The molecule has 1 saturated heterocycles. The summed E-state index contributed by atoms with van der Waals surface area (Å²) in [5.41, 5.74) is 0.670. The summed E-state index contributed by atoms with van der Waals surface area (Å²) in [4.78, 5) is 11.4. The van der Waals surface area contributed by atoms with E-state index >= 15 is 0 Å². The van der Waals surface area contributed by atoms with Crippen molar-refractivity contribution in [3.63, 3.8) is 0 Å². The fourth-order valence-corrected chi connectivity index (χ4v) is 2.62. The molecule has 5 atom stereocenters. The lowest BCUT2D eigenvalue weighted by molar-refractivity contribution is -0.268. The van der Waals surface area contributed by atoms with Gasteiger partial charge in [0.2, 0.25) is 6.29 Å². The van der Waals surface area contributed by atoms with Crippen molar-refractivity contribution < 1.29 is 29.2 Å². The first-order valence-electron chi connectivity index (χ1n) is 7.27. The molecule has 1 aliphatic rings. The van der Waals surface area contributed by atoms with Crippen LogP contribution in [0.5, 0.6) is 5.75 Å². The number of hydrogen-bond acceptors (Lipinski definition) is 7. The Bertz CT molecular complexity index is 769. The Morgan fingerprint density at radius 2 is 1.83 bits per heavy atom. The molecule has 0 amide bonds. The van der Waals surface area contributed by atoms with Crippen LogP contribution in [0, 0.1) is 6.92 Å². The standard InChI is InChI=1S/C16H18O7/c1-7-5-12(17)23-11-6-9(3-4-10(7)11)22-16-15(20)14(19)13(18)8(2)21-16/h3-6,8,13-16,18-20H,1-2H3/t8-,13-,14+,15+,16+/m1/s1. The summed E-state index contributed by atoms with van der Waals surface area (Å²) in [7, 11) is 0. The lowest BCUT2D eigenvalue weighted by atomic mass is 10.00. The van der Waals surface area contributed by atoms with Crippen LogP contribution in [-0.4, -0.2) is 46.0 Å². The van der Waals surface area contributed by atoms with Gasteiger partial charge in [-0.05, 0) is 31.5 Å². The van der Waals surface area contributed by atoms with E-state index in [1.165, 1.54) is 12.1 Å². The number of aliphatic hydroxyl groups excluding tert-OH is 3. The third-order valence-electron chi connectivity index (χ3n) is 3.98. The Balaban J connectivity index is 1.88. The summed E-state index contributed by atoms with van der Waals surface area (Å²) in [6.07, 6.45) is -5.80. The van der Waals surface area contributed by atoms with Gasteiger partial charge in [-0.1, -0.05) is 0 Å². The van der Waals surface area contributed by atoms with Gasteiger partial charge in [0, 0.05) is 17.5 Å². The van der Waals surface area contributed by atoms with E-state index < -0.39 is 36.3 Å². The van der Waals surface area contributed by atoms with Crippen LogP contribution in [0.4, 0.5) is 0 Å². The molecule has 1 aromatic carbocycles. The van der Waals surface area contributed by atoms with E-state index in [0.29, 0.717) is 11.3 Å². The molecule has 0 aliphatic carbocycles. The van der Waals surface area contributed by atoms with Crippen LogP contribution in [0.25, 0.3) is 11.0 Å². The molecule has 7 heteroatoms. The van der Waals surface area contributed by atoms with Crippen LogP contribution in [0.2, 0.25) is 0 Å². The number of ether oxygens (including phenoxy) is 2. The molecular formula is C16H18O7. The minimum absolute atomic E-state index is 0.311. The van der Waals surface area contributed by atoms with Gasteiger partial charge >= 0.3 is 5.63 Å². The summed E-state index contributed by atoms with van der Waals surface area (Å²) in [5.74, 6) is 0.311. The number of rotatable bonds is 2. The van der Waals surface area contributed by atoms with E-state index in [9.17, 15) is 20.1 Å². The summed E-state index contributed by atoms with van der Waals surface area (Å²) >= 11 is 0. The molecule has 2 aromatic rings. The van der Waals surface area contributed by atoms with Crippen molar-refractivity contribution in [1.82, 2.24) is 0 Å². The second-order valence-electron chi connectivity index (χ2n) is 5.71. The van der Waals surface area contributed by atoms with Gasteiger partial charge in [-0.3, -0.25) is 0 Å². The van der Waals surface area contributed by atoms with Crippen LogP contribution in [0.3, 0.4) is 0 Å². The van der Waals surface area contributed by atoms with Crippen LogP contribution < -0.4 is 10.4 Å². The van der Waals surface area contributed by atoms with Gasteiger partial charge in [0.1, 0.15) is 29.6 Å². The number of aryl methyl sites for hydroxylation is 1. The van der Waals surface area contributed by atoms with Gasteiger partial charge in [0.25, 0.3) is 0 Å². The quantitative estimate of drug-likeness (QED) is 0.683. The molecule has 0 bridgehead atoms. The van der Waals surface area contributed by atoms with Gasteiger partial charge < -0.3 is 29.2 Å². The highest BCUT2D eigenvalue weighted by molar-refractivity contribution is 5.81. The lowest BCUT2D eigenvalue weighted by Crippen LogP contribution is -2.58. The minimum atomic E-state index is -1.40. The molecular weight excluding hydrogens is 304 g/mol. The zero-order chi connectivity index (χ0) is 16.7. The van der Waals surface area contributed by atoms with Crippen LogP contribution >= 0.6 is 0 Å². The Kier molecular flexibility index (Phi) is 4.11. The minimum Gasteiger partial charge on any atom is -0.462 e. The van der Waals surface area contributed by atoms with Gasteiger partial charge in [-0.2, -0.15) is 0 Å². The average molecular weight is 322 g/mol. The van der Waals surface area contributed by atoms with Gasteiger partial charge in [0.15, 0.2) is 0 Å². The Hall–Kier alpha value is -1.93. The SMILES string of the molecule is Cc1cc(=O)oc2cc(O[C@@H]3O[C@H](C)[C@@H](O)[C@H](O)[C@@H]3O)ccc12. The van der Waals surface area contributed by atoms with Crippen molar-refractivity contribution in [3.05, 3.63) is 40.2 Å². The van der Waals surface area contributed by atoms with Crippen LogP contribution in [0.15, 0.2) is 33.5 Å². The molecule has 3 rings (SSSR count). The van der Waals surface area contributed by atoms with Crippen molar-refractivity contribution in [2.45, 2.75) is 44.6 Å². The van der Waals surface area contributed by atoms with E-state index in [0.717, 1.165) is 10.9 Å². The average Bonchev–Trinajstić information content (AvgIpc) is 2.50. The van der Waals surface area contributed by atoms with Crippen molar-refractivity contribution in [2.75, 3.05) is 0 Å². The zero-order valence-electron chi connectivity index (χ0n) is 12.7. The summed E-state index contributed by atoms with van der Waals surface area (Å²) in [6, 6.07) is 6.29. The molecule has 0 radical (unpaired) electrons. The monoisotopic (exact) mass is 322 g/mol. The second kappa shape index (κ2) is 5.93. The Morgan fingerprint density at radius 3 is 2.57 bits per heavy atom. The lowest BCUT2D eigenvalue weighted by Gasteiger charge is -2.38. The summed E-state index contributed by atoms with van der Waals surface area (Å²) < 4.78 is 16.0. The smallest absolute Gasteiger partial charge is 0.336 e. The first-order chi connectivity index (χ1) is 10.9. The molecule has 23 heavy (non-hydrogen) atoms. The second-order valence-corrected chi connectivity index (χ2v) is 5.71. The fourth-order valence-electron chi connectivity index (χ4n) is 2.62. The predicted octanol–water partition coefficient (Wildman–Crippen LogP) is 0.308. The number of hydrogen-bond donors (Lipinski definition) is 3. The Labute approximate surface area is 131 Å². The number of fused-ring (bicyclic) bond motifs is 1. The molecule has 0 saturated carbocycles. The van der Waals surface area contributed by atoms with Gasteiger partial charge in [-0.15, -0.1) is 0 Å². The van der Waals surface area contributed by atoms with E-state index in [1.807, 2.05) is 0 Å².